The van der Waals surface area contributed by atoms with Gasteiger partial charge in [0.25, 0.3) is 0 Å². The third kappa shape index (κ3) is 8.31. The van der Waals surface area contributed by atoms with Crippen LogP contribution in [-0.4, -0.2) is 76.9 Å². The highest BCUT2D eigenvalue weighted by atomic mass is 19.1. The molecule has 1 saturated heterocycles. The van der Waals surface area contributed by atoms with Crippen LogP contribution in [0.3, 0.4) is 0 Å². The van der Waals surface area contributed by atoms with Crippen LogP contribution in [-0.2, 0) is 28.6 Å². The van der Waals surface area contributed by atoms with E-state index in [0.717, 1.165) is 49.2 Å². The number of esters is 1. The lowest BCUT2D eigenvalue weighted by atomic mass is 9.33. The molecule has 1 aromatic heterocycles. The largest absolute Gasteiger partial charge is 0.481 e. The molecule has 67 heavy (non-hydrogen) atoms. The van der Waals surface area contributed by atoms with Gasteiger partial charge >= 0.3 is 11.9 Å². The number of aromatic amines is 1. The maximum Gasteiger partial charge on any atom is 0.309 e. The summed E-state index contributed by atoms with van der Waals surface area (Å²) in [4.78, 5) is 50.3. The van der Waals surface area contributed by atoms with Gasteiger partial charge in [0.2, 0.25) is 5.91 Å². The monoisotopic (exact) mass is 928 g/mol. The number of carboxylic acid groups (broad SMARTS) is 1. The molecule has 370 valence electrons. The first-order valence-corrected chi connectivity index (χ1v) is 26.3. The second kappa shape index (κ2) is 17.8. The predicted molar refractivity (Wildman–Crippen MR) is 256 cm³/mol. The number of aliphatic carboxylic acids is 1. The molecule has 0 bridgehead atoms. The SMILES string of the molecule is COCCO[C@@H]1C[C@@H](c2nc(-c3ccc(F)cc3)c[nH]2)N(C(=O)CCC[C@H]([C@H]2CCC[C@]3(C)[C@@H]2CC[C@@H]2[C@@]4(C)CC[C@H](OC(=O)[C@H]5C[C@@H](C(=O)O)C5(C)C)C(C)(C)[C@@H]4CC[C@]23C)C2(C)CC2)C1. The van der Waals surface area contributed by atoms with Crippen LogP contribution >= 0.6 is 0 Å². The van der Waals surface area contributed by atoms with Gasteiger partial charge in [-0.05, 0) is 164 Å². The average Bonchev–Trinajstić information content (AvgIpc) is 3.60. The van der Waals surface area contributed by atoms with Crippen molar-refractivity contribution in [1.82, 2.24) is 14.9 Å². The van der Waals surface area contributed by atoms with Crippen molar-refractivity contribution in [3.63, 3.8) is 0 Å². The van der Waals surface area contributed by atoms with Crippen molar-refractivity contribution in [1.29, 1.82) is 0 Å². The number of H-pyrrole nitrogens is 1. The Bertz CT molecular complexity index is 2150. The Balaban J connectivity index is 0.873. The normalized spacial score (nSPS) is 38.4. The summed E-state index contributed by atoms with van der Waals surface area (Å²) in [7, 11) is 1.67. The van der Waals surface area contributed by atoms with E-state index in [9.17, 15) is 23.9 Å². The molecule has 1 amide bonds. The standard InChI is InChI=1S/C56H82FN3O7/c1-51(2)40(49(62)63)31-41(51)50(64)67-46-22-24-54(6)44(52(46,3)4)21-25-56(8)45(54)20-19-39-37(12-11-23-55(39,56)7)38(53(5)26-27-53)13-10-14-47(61)60-33-36(66-29-28-65-9)30-43(60)48-58-32-42(59-48)34-15-17-35(57)18-16-34/h15-18,32,36-41,43-46H,10-14,19-31,33H2,1-9H3,(H,58,59)(H,62,63)/t36-,37-,38-,39-,40+,41-,43+,44+,45-,46+,54+,55-,56-/m1/s1. The minimum atomic E-state index is -0.817. The zero-order valence-corrected chi connectivity index (χ0v) is 42.3. The van der Waals surface area contributed by atoms with Crippen molar-refractivity contribution in [3.05, 3.63) is 42.1 Å². The van der Waals surface area contributed by atoms with E-state index < -0.39 is 17.3 Å². The van der Waals surface area contributed by atoms with E-state index in [4.69, 9.17) is 19.2 Å². The van der Waals surface area contributed by atoms with Crippen LogP contribution in [0.5, 0.6) is 0 Å². The first-order valence-electron chi connectivity index (χ1n) is 26.3. The minimum Gasteiger partial charge on any atom is -0.481 e. The second-order valence-electron chi connectivity index (χ2n) is 25.1. The number of halogens is 1. The van der Waals surface area contributed by atoms with Gasteiger partial charge in [0.15, 0.2) is 0 Å². The number of amides is 1. The fourth-order valence-electron chi connectivity index (χ4n) is 17.0. The lowest BCUT2D eigenvalue weighted by molar-refractivity contribution is -0.246. The van der Waals surface area contributed by atoms with Crippen LogP contribution in [0.4, 0.5) is 4.39 Å². The van der Waals surface area contributed by atoms with E-state index >= 15 is 0 Å². The Hall–Kier alpha value is -3.31. The number of aromatic nitrogens is 2. The molecule has 1 aromatic carbocycles. The van der Waals surface area contributed by atoms with Crippen LogP contribution in [0.15, 0.2) is 30.5 Å². The lowest BCUT2D eigenvalue weighted by Gasteiger charge is -2.72. The fourth-order valence-corrected chi connectivity index (χ4v) is 17.0. The second-order valence-corrected chi connectivity index (χ2v) is 25.1. The van der Waals surface area contributed by atoms with Gasteiger partial charge in [0, 0.05) is 43.7 Å². The number of carbonyl (C=O) groups excluding carboxylic acids is 2. The van der Waals surface area contributed by atoms with Crippen molar-refractivity contribution in [2.24, 2.45) is 73.9 Å². The van der Waals surface area contributed by atoms with Crippen LogP contribution in [0, 0.1) is 79.7 Å². The number of imidazole rings is 1. The molecule has 6 saturated carbocycles. The molecule has 2 aromatic rings. The van der Waals surface area contributed by atoms with Gasteiger partial charge in [-0.25, -0.2) is 9.37 Å². The molecule has 2 N–H and O–H groups in total. The lowest BCUT2D eigenvalue weighted by Crippen LogP contribution is -2.66. The first-order chi connectivity index (χ1) is 31.7. The summed E-state index contributed by atoms with van der Waals surface area (Å²) in [5, 5.41) is 9.72. The molecule has 7 aliphatic rings. The number of likely N-dealkylation sites (tertiary alicyclic amines) is 1. The number of fused-ring (bicyclic) bond motifs is 5. The summed E-state index contributed by atoms with van der Waals surface area (Å²) >= 11 is 0. The van der Waals surface area contributed by atoms with Crippen molar-refractivity contribution in [3.8, 4) is 11.3 Å². The minimum absolute atomic E-state index is 0.103. The number of methoxy groups -OCH3 is 1. The number of carboxylic acids is 1. The number of benzene rings is 1. The molecule has 11 heteroatoms. The molecule has 0 unspecified atom stereocenters. The number of nitrogens with zero attached hydrogens (tertiary/aromatic N) is 2. The molecule has 6 aliphatic carbocycles. The summed E-state index contributed by atoms with van der Waals surface area (Å²) in [5.41, 5.74) is 1.77. The van der Waals surface area contributed by atoms with Crippen molar-refractivity contribution in [2.75, 3.05) is 26.9 Å². The summed E-state index contributed by atoms with van der Waals surface area (Å²) in [6, 6.07) is 6.15. The zero-order valence-electron chi connectivity index (χ0n) is 42.3. The number of hydrogen-bond donors (Lipinski definition) is 2. The van der Waals surface area contributed by atoms with Gasteiger partial charge in [-0.3, -0.25) is 14.4 Å². The highest BCUT2D eigenvalue weighted by molar-refractivity contribution is 5.81. The van der Waals surface area contributed by atoms with Gasteiger partial charge in [-0.1, -0.05) is 61.8 Å². The van der Waals surface area contributed by atoms with Gasteiger partial charge in [0.1, 0.15) is 17.7 Å². The number of hydrogen-bond acceptors (Lipinski definition) is 7. The number of ether oxygens (including phenoxy) is 3. The number of rotatable bonds is 15. The Morgan fingerprint density at radius 1 is 0.851 bits per heavy atom. The van der Waals surface area contributed by atoms with Gasteiger partial charge < -0.3 is 29.2 Å². The summed E-state index contributed by atoms with van der Waals surface area (Å²) in [6.45, 7) is 20.6. The van der Waals surface area contributed by atoms with E-state index in [-0.39, 0.29) is 63.5 Å². The van der Waals surface area contributed by atoms with Gasteiger partial charge in [0.05, 0.1) is 42.9 Å². The van der Waals surface area contributed by atoms with Gasteiger partial charge in [-0.15, -0.1) is 0 Å². The molecule has 7 fully saturated rings. The highest BCUT2D eigenvalue weighted by Crippen LogP contribution is 2.76. The fraction of sp³-hybridized carbons (Fsp3) is 0.786. The molecular weight excluding hydrogens is 846 g/mol. The Morgan fingerprint density at radius 2 is 1.60 bits per heavy atom. The van der Waals surface area contributed by atoms with Crippen molar-refractivity contribution in [2.45, 2.75) is 176 Å². The van der Waals surface area contributed by atoms with Crippen LogP contribution < -0.4 is 0 Å². The van der Waals surface area contributed by atoms with Gasteiger partial charge in [-0.2, -0.15) is 0 Å². The molecule has 2 heterocycles. The topological polar surface area (TPSA) is 131 Å². The summed E-state index contributed by atoms with van der Waals surface area (Å²) < 4.78 is 31.7. The quantitative estimate of drug-likeness (QED) is 0.133. The molecule has 9 rings (SSSR count). The van der Waals surface area contributed by atoms with E-state index in [0.29, 0.717) is 74.0 Å². The molecule has 0 radical (unpaired) electrons. The molecule has 1 aliphatic heterocycles. The third-order valence-corrected chi connectivity index (χ3v) is 21.4. The first kappa shape index (κ1) is 48.7. The van der Waals surface area contributed by atoms with Crippen LogP contribution in [0.1, 0.15) is 170 Å². The third-order valence-electron chi connectivity index (χ3n) is 21.4. The van der Waals surface area contributed by atoms with Crippen molar-refractivity contribution >= 4 is 17.8 Å². The Kier molecular flexibility index (Phi) is 13.0. The summed E-state index contributed by atoms with van der Waals surface area (Å²) in [6.07, 6.45) is 18.4. The molecular formula is C56H82FN3O7. The van der Waals surface area contributed by atoms with Crippen LogP contribution in [0.2, 0.25) is 0 Å². The molecule has 13 atom stereocenters. The van der Waals surface area contributed by atoms with E-state index in [1.54, 1.807) is 19.2 Å². The smallest absolute Gasteiger partial charge is 0.309 e. The maximum absolute atomic E-state index is 14.4. The average molecular weight is 928 g/mol. The number of carbonyl (C=O) groups is 3. The van der Waals surface area contributed by atoms with Crippen LogP contribution in [0.25, 0.3) is 11.3 Å². The Morgan fingerprint density at radius 3 is 2.28 bits per heavy atom. The van der Waals surface area contributed by atoms with E-state index in [2.05, 4.69) is 46.5 Å². The number of nitrogens with one attached hydrogen (secondary N) is 1. The maximum atomic E-state index is 14.4. The van der Waals surface area contributed by atoms with E-state index in [1.807, 2.05) is 24.9 Å². The Labute approximate surface area is 400 Å². The summed E-state index contributed by atoms with van der Waals surface area (Å²) in [5.74, 6) is 1.76. The van der Waals surface area contributed by atoms with E-state index in [1.165, 1.54) is 63.5 Å². The molecule has 0 spiro atoms. The predicted octanol–water partition coefficient (Wildman–Crippen LogP) is 11.8. The molecule has 10 nitrogen and oxygen atoms in total. The zero-order chi connectivity index (χ0) is 47.9. The van der Waals surface area contributed by atoms with Crippen molar-refractivity contribution < 1.29 is 38.1 Å². The highest BCUT2D eigenvalue weighted by Gasteiger charge is 2.69.